The van der Waals surface area contributed by atoms with Crippen molar-refractivity contribution in [3.8, 4) is 0 Å². The molecule has 0 bridgehead atoms. The number of aromatic nitrogens is 4. The fourth-order valence-corrected chi connectivity index (χ4v) is 4.00. The summed E-state index contributed by atoms with van der Waals surface area (Å²) in [4.78, 5) is 32.8. The molecule has 2 amide bonds. The predicted molar refractivity (Wildman–Crippen MR) is 90.0 cm³/mol. The lowest BCUT2D eigenvalue weighted by atomic mass is 9.86. The number of carbonyl (C=O) groups is 2. The highest BCUT2D eigenvalue weighted by molar-refractivity contribution is 5.90. The van der Waals surface area contributed by atoms with Gasteiger partial charge in [0.15, 0.2) is 0 Å². The van der Waals surface area contributed by atoms with E-state index in [1.807, 2.05) is 18.7 Å². The van der Waals surface area contributed by atoms with Crippen molar-refractivity contribution in [3.63, 3.8) is 0 Å². The molecule has 1 atom stereocenters. The number of hydrogen-bond donors (Lipinski definition) is 0. The van der Waals surface area contributed by atoms with E-state index in [1.165, 1.54) is 11.0 Å². The minimum absolute atomic E-state index is 0.121. The Labute approximate surface area is 150 Å². The average molecular weight is 358 g/mol. The second kappa shape index (κ2) is 5.93. The number of amides is 2. The van der Waals surface area contributed by atoms with Crippen LogP contribution >= 0.6 is 0 Å². The Morgan fingerprint density at radius 2 is 2.15 bits per heavy atom. The van der Waals surface area contributed by atoms with Gasteiger partial charge in [0.05, 0.1) is 12.2 Å². The Morgan fingerprint density at radius 3 is 2.81 bits per heavy atom. The molecule has 9 heteroatoms. The smallest absolute Gasteiger partial charge is 0.293 e. The molecule has 0 radical (unpaired) electrons. The van der Waals surface area contributed by atoms with Gasteiger partial charge in [0.2, 0.25) is 11.7 Å². The van der Waals surface area contributed by atoms with Crippen LogP contribution in [-0.2, 0) is 18.4 Å². The molecule has 0 N–H and O–H groups in total. The second-order valence-electron chi connectivity index (χ2n) is 7.45. The molecule has 0 aromatic carbocycles. The normalized spacial score (nSPS) is 22.8. The summed E-state index contributed by atoms with van der Waals surface area (Å²) in [5, 5.41) is 8.05. The minimum atomic E-state index is -0.180. The number of hydrogen-bond acceptors (Lipinski definition) is 6. The number of likely N-dealkylation sites (tertiary alicyclic amines) is 2. The third-order valence-electron chi connectivity index (χ3n) is 5.45. The van der Waals surface area contributed by atoms with Crippen LogP contribution in [0.5, 0.6) is 0 Å². The van der Waals surface area contributed by atoms with E-state index >= 15 is 0 Å². The van der Waals surface area contributed by atoms with Gasteiger partial charge in [0.25, 0.3) is 5.91 Å². The van der Waals surface area contributed by atoms with Crippen LogP contribution in [0.4, 0.5) is 0 Å². The lowest BCUT2D eigenvalue weighted by Crippen LogP contribution is -2.34. The predicted octanol–water partition coefficient (Wildman–Crippen LogP) is 0.685. The van der Waals surface area contributed by atoms with Crippen molar-refractivity contribution in [1.29, 1.82) is 0 Å². The molecule has 2 aliphatic rings. The number of nitrogens with zero attached hydrogens (tertiary/aromatic N) is 6. The van der Waals surface area contributed by atoms with E-state index in [2.05, 4.69) is 15.2 Å². The van der Waals surface area contributed by atoms with Crippen LogP contribution in [0, 0.1) is 19.3 Å². The largest absolute Gasteiger partial charge is 0.361 e. The van der Waals surface area contributed by atoms with Crippen molar-refractivity contribution in [1.82, 2.24) is 29.7 Å². The van der Waals surface area contributed by atoms with Crippen molar-refractivity contribution < 1.29 is 14.1 Å². The van der Waals surface area contributed by atoms with Crippen LogP contribution in [0.25, 0.3) is 0 Å². The van der Waals surface area contributed by atoms with Gasteiger partial charge in [-0.05, 0) is 20.3 Å². The third-order valence-corrected chi connectivity index (χ3v) is 5.45. The fourth-order valence-electron chi connectivity index (χ4n) is 4.00. The lowest BCUT2D eigenvalue weighted by molar-refractivity contribution is -0.128. The van der Waals surface area contributed by atoms with Crippen molar-refractivity contribution in [2.45, 2.75) is 33.2 Å². The summed E-state index contributed by atoms with van der Waals surface area (Å²) in [5.74, 6) is 0.913. The second-order valence-corrected chi connectivity index (χ2v) is 7.45. The van der Waals surface area contributed by atoms with Crippen molar-refractivity contribution in [2.24, 2.45) is 12.5 Å². The average Bonchev–Trinajstić information content (AvgIpc) is 3.34. The van der Waals surface area contributed by atoms with E-state index in [1.54, 1.807) is 11.9 Å². The topological polar surface area (TPSA) is 97.4 Å². The van der Waals surface area contributed by atoms with Crippen LogP contribution in [-0.4, -0.2) is 61.2 Å². The quantitative estimate of drug-likeness (QED) is 0.800. The molecule has 0 aliphatic carbocycles. The first-order valence-electron chi connectivity index (χ1n) is 8.71. The molecular formula is C17H22N6O3. The Balaban J connectivity index is 1.46. The van der Waals surface area contributed by atoms with Gasteiger partial charge in [-0.2, -0.15) is 0 Å². The molecule has 4 heterocycles. The molecule has 2 aromatic heterocycles. The number of carbonyl (C=O) groups excluding carboxylic acids is 2. The van der Waals surface area contributed by atoms with Gasteiger partial charge in [-0.15, -0.1) is 5.10 Å². The molecule has 9 nitrogen and oxygen atoms in total. The number of aryl methyl sites for hydroxylation is 3. The lowest BCUT2D eigenvalue weighted by Gasteiger charge is -2.23. The van der Waals surface area contributed by atoms with Gasteiger partial charge in [-0.1, -0.05) is 5.16 Å². The zero-order valence-corrected chi connectivity index (χ0v) is 15.2. The van der Waals surface area contributed by atoms with Crippen LogP contribution in [0.15, 0.2) is 10.9 Å². The SMILES string of the molecule is Cc1noc(C)c1CN1CC2(CCN(C(=O)c3ncn(C)n3)C2)CC1=O. The van der Waals surface area contributed by atoms with Crippen molar-refractivity contribution in [2.75, 3.05) is 19.6 Å². The Kier molecular flexibility index (Phi) is 3.82. The van der Waals surface area contributed by atoms with Crippen LogP contribution in [0.3, 0.4) is 0 Å². The summed E-state index contributed by atoms with van der Waals surface area (Å²) in [5.41, 5.74) is 1.61. The molecule has 2 aliphatic heterocycles. The van der Waals surface area contributed by atoms with E-state index < -0.39 is 0 Å². The van der Waals surface area contributed by atoms with Gasteiger partial charge in [-0.25, -0.2) is 4.98 Å². The van der Waals surface area contributed by atoms with Crippen LogP contribution in [0.1, 0.15) is 40.5 Å². The minimum Gasteiger partial charge on any atom is -0.361 e. The van der Waals surface area contributed by atoms with E-state index in [0.717, 1.165) is 23.4 Å². The van der Waals surface area contributed by atoms with Gasteiger partial charge in [0.1, 0.15) is 12.1 Å². The standard InChI is InChI=1S/C17H22N6O3/c1-11-13(12(2)26-20-11)7-23-9-17(6-14(23)24)4-5-22(8-17)16(25)15-18-10-21(3)19-15/h10H,4-9H2,1-3H3. The van der Waals surface area contributed by atoms with Gasteiger partial charge >= 0.3 is 0 Å². The highest BCUT2D eigenvalue weighted by Gasteiger charge is 2.49. The zero-order chi connectivity index (χ0) is 18.5. The van der Waals surface area contributed by atoms with Crippen LogP contribution < -0.4 is 0 Å². The van der Waals surface area contributed by atoms with E-state index in [4.69, 9.17) is 4.52 Å². The molecule has 26 heavy (non-hydrogen) atoms. The van der Waals surface area contributed by atoms with E-state index in [0.29, 0.717) is 32.6 Å². The Morgan fingerprint density at radius 1 is 1.35 bits per heavy atom. The first-order valence-corrected chi connectivity index (χ1v) is 8.71. The molecule has 4 rings (SSSR count). The van der Waals surface area contributed by atoms with Gasteiger partial charge in [0, 0.05) is 44.1 Å². The molecule has 2 aromatic rings. The fraction of sp³-hybridized carbons (Fsp3) is 0.588. The summed E-state index contributed by atoms with van der Waals surface area (Å²) in [6.07, 6.45) is 2.80. The summed E-state index contributed by atoms with van der Waals surface area (Å²) < 4.78 is 6.72. The highest BCUT2D eigenvalue weighted by atomic mass is 16.5. The monoisotopic (exact) mass is 358 g/mol. The molecular weight excluding hydrogens is 336 g/mol. The van der Waals surface area contributed by atoms with Gasteiger partial charge in [-0.3, -0.25) is 14.3 Å². The van der Waals surface area contributed by atoms with E-state index in [-0.39, 0.29) is 23.1 Å². The summed E-state index contributed by atoms with van der Waals surface area (Å²) >= 11 is 0. The third kappa shape index (κ3) is 2.77. The first-order chi connectivity index (χ1) is 12.4. The van der Waals surface area contributed by atoms with Crippen LogP contribution in [0.2, 0.25) is 0 Å². The Bertz CT molecular complexity index is 852. The Hall–Kier alpha value is -2.71. The zero-order valence-electron chi connectivity index (χ0n) is 15.2. The summed E-state index contributed by atoms with van der Waals surface area (Å²) in [7, 11) is 1.73. The number of rotatable bonds is 3. The maximum absolute atomic E-state index is 12.6. The van der Waals surface area contributed by atoms with E-state index in [9.17, 15) is 9.59 Å². The molecule has 138 valence electrons. The molecule has 2 fully saturated rings. The highest BCUT2D eigenvalue weighted by Crippen LogP contribution is 2.41. The maximum atomic E-state index is 12.6. The molecule has 1 spiro atoms. The summed E-state index contributed by atoms with van der Waals surface area (Å²) in [6.45, 7) is 6.10. The van der Waals surface area contributed by atoms with Crippen molar-refractivity contribution in [3.05, 3.63) is 29.2 Å². The molecule has 2 saturated heterocycles. The molecule has 0 saturated carbocycles. The molecule has 1 unspecified atom stereocenters. The van der Waals surface area contributed by atoms with Crippen molar-refractivity contribution >= 4 is 11.8 Å². The summed E-state index contributed by atoms with van der Waals surface area (Å²) in [6, 6.07) is 0. The first kappa shape index (κ1) is 16.7. The van der Waals surface area contributed by atoms with Gasteiger partial charge < -0.3 is 14.3 Å². The maximum Gasteiger partial charge on any atom is 0.293 e.